The Bertz CT molecular complexity index is 541. The van der Waals surface area contributed by atoms with Crippen molar-refractivity contribution in [1.29, 1.82) is 0 Å². The van der Waals surface area contributed by atoms with Gasteiger partial charge in [-0.25, -0.2) is 0 Å². The van der Waals surface area contributed by atoms with Crippen molar-refractivity contribution >= 4 is 21.7 Å². The standard InChI is InChI=1S/C13H19ClO5S/c1-13(2,17-3)19-12(9-18-20(4,15)16)10-7-5-6-8-11(10)14/h5-8,12H,9H2,1-4H3. The molecule has 0 aliphatic rings. The van der Waals surface area contributed by atoms with Crippen molar-refractivity contribution in [3.63, 3.8) is 0 Å². The van der Waals surface area contributed by atoms with Gasteiger partial charge in [-0.05, 0) is 19.9 Å². The second-order valence-electron chi connectivity index (χ2n) is 4.72. The Morgan fingerprint density at radius 2 is 1.90 bits per heavy atom. The average molecular weight is 323 g/mol. The molecule has 5 nitrogen and oxygen atoms in total. The maximum Gasteiger partial charge on any atom is 0.264 e. The number of rotatable bonds is 7. The molecule has 0 aliphatic carbocycles. The molecule has 0 heterocycles. The molecule has 7 heteroatoms. The Kier molecular flexibility index (Phi) is 5.97. The summed E-state index contributed by atoms with van der Waals surface area (Å²) in [6.45, 7) is 3.27. The highest BCUT2D eigenvalue weighted by Crippen LogP contribution is 2.30. The zero-order valence-corrected chi connectivity index (χ0v) is 13.5. The summed E-state index contributed by atoms with van der Waals surface area (Å²) in [5.41, 5.74) is 0.642. The maximum absolute atomic E-state index is 11.1. The van der Waals surface area contributed by atoms with Crippen molar-refractivity contribution in [2.75, 3.05) is 20.0 Å². The predicted octanol–water partition coefficient (Wildman–Crippen LogP) is 2.76. The van der Waals surface area contributed by atoms with Gasteiger partial charge >= 0.3 is 0 Å². The van der Waals surface area contributed by atoms with Crippen LogP contribution in [-0.4, -0.2) is 34.2 Å². The molecule has 0 saturated carbocycles. The van der Waals surface area contributed by atoms with Crippen molar-refractivity contribution in [2.24, 2.45) is 0 Å². The maximum atomic E-state index is 11.1. The summed E-state index contributed by atoms with van der Waals surface area (Å²) in [5, 5.41) is 0.474. The van der Waals surface area contributed by atoms with Crippen LogP contribution in [0.3, 0.4) is 0 Å². The second kappa shape index (κ2) is 6.87. The largest absolute Gasteiger partial charge is 0.354 e. The molecule has 0 N–H and O–H groups in total. The van der Waals surface area contributed by atoms with Crippen LogP contribution in [0, 0.1) is 0 Å². The normalized spacial score (nSPS) is 14.2. The Hall–Kier alpha value is -0.660. The van der Waals surface area contributed by atoms with E-state index < -0.39 is 22.0 Å². The SMILES string of the molecule is COC(C)(C)OC(COS(C)(=O)=O)c1ccccc1Cl. The number of halogens is 1. The third-order valence-electron chi connectivity index (χ3n) is 2.60. The number of methoxy groups -OCH3 is 1. The molecule has 0 radical (unpaired) electrons. The third-order valence-corrected chi connectivity index (χ3v) is 3.51. The van der Waals surface area contributed by atoms with Crippen molar-refractivity contribution in [3.8, 4) is 0 Å². The average Bonchev–Trinajstić information content (AvgIpc) is 2.34. The first kappa shape index (κ1) is 17.4. The van der Waals surface area contributed by atoms with Crippen LogP contribution in [0.4, 0.5) is 0 Å². The summed E-state index contributed by atoms with van der Waals surface area (Å²) in [5.74, 6) is -0.898. The van der Waals surface area contributed by atoms with E-state index in [0.717, 1.165) is 6.26 Å². The van der Waals surface area contributed by atoms with E-state index in [1.54, 1.807) is 38.1 Å². The van der Waals surface area contributed by atoms with Crippen LogP contribution in [0.5, 0.6) is 0 Å². The van der Waals surface area contributed by atoms with Crippen molar-refractivity contribution in [1.82, 2.24) is 0 Å². The number of hydrogen-bond donors (Lipinski definition) is 0. The van der Waals surface area contributed by atoms with Crippen LogP contribution >= 0.6 is 11.6 Å². The van der Waals surface area contributed by atoms with Crippen LogP contribution in [0.25, 0.3) is 0 Å². The topological polar surface area (TPSA) is 61.8 Å². The lowest BCUT2D eigenvalue weighted by atomic mass is 10.1. The Morgan fingerprint density at radius 3 is 2.40 bits per heavy atom. The summed E-state index contributed by atoms with van der Waals surface area (Å²) in [6, 6.07) is 7.03. The van der Waals surface area contributed by atoms with Gasteiger partial charge in [-0.3, -0.25) is 4.18 Å². The molecule has 0 spiro atoms. The van der Waals surface area contributed by atoms with Crippen LogP contribution in [0.1, 0.15) is 25.5 Å². The van der Waals surface area contributed by atoms with E-state index in [9.17, 15) is 8.42 Å². The summed E-state index contributed by atoms with van der Waals surface area (Å²) in [7, 11) is -2.07. The van der Waals surface area contributed by atoms with Crippen LogP contribution in [0.2, 0.25) is 5.02 Å². The van der Waals surface area contributed by atoms with E-state index in [-0.39, 0.29) is 6.61 Å². The Morgan fingerprint density at radius 1 is 1.30 bits per heavy atom. The molecule has 1 atom stereocenters. The molecule has 0 fully saturated rings. The molecule has 1 rings (SSSR count). The van der Waals surface area contributed by atoms with Gasteiger partial charge in [-0.2, -0.15) is 8.42 Å². The molecule has 1 aromatic rings. The zero-order valence-electron chi connectivity index (χ0n) is 11.9. The van der Waals surface area contributed by atoms with Gasteiger partial charge in [0.15, 0.2) is 5.79 Å². The lowest BCUT2D eigenvalue weighted by Crippen LogP contribution is -2.31. The van der Waals surface area contributed by atoms with Crippen LogP contribution < -0.4 is 0 Å². The van der Waals surface area contributed by atoms with E-state index in [1.165, 1.54) is 7.11 Å². The van der Waals surface area contributed by atoms with E-state index in [2.05, 4.69) is 0 Å². The van der Waals surface area contributed by atoms with E-state index >= 15 is 0 Å². The first-order valence-electron chi connectivity index (χ1n) is 5.96. The molecular weight excluding hydrogens is 304 g/mol. The monoisotopic (exact) mass is 322 g/mol. The first-order chi connectivity index (χ1) is 9.14. The van der Waals surface area contributed by atoms with Crippen molar-refractivity contribution < 1.29 is 22.1 Å². The van der Waals surface area contributed by atoms with Gasteiger partial charge in [0.1, 0.15) is 6.10 Å². The highest BCUT2D eigenvalue weighted by atomic mass is 35.5. The minimum atomic E-state index is -3.57. The minimum absolute atomic E-state index is 0.171. The molecule has 0 bridgehead atoms. The van der Waals surface area contributed by atoms with Crippen molar-refractivity contribution in [3.05, 3.63) is 34.9 Å². The highest BCUT2D eigenvalue weighted by molar-refractivity contribution is 7.85. The van der Waals surface area contributed by atoms with Crippen molar-refractivity contribution in [2.45, 2.75) is 25.7 Å². The van der Waals surface area contributed by atoms with Crippen LogP contribution in [-0.2, 0) is 23.8 Å². The number of benzene rings is 1. The molecule has 0 saturated heterocycles. The second-order valence-corrected chi connectivity index (χ2v) is 6.77. The van der Waals surface area contributed by atoms with Gasteiger partial charge in [-0.1, -0.05) is 29.8 Å². The minimum Gasteiger partial charge on any atom is -0.354 e. The molecule has 1 unspecified atom stereocenters. The van der Waals surface area contributed by atoms with Gasteiger partial charge in [0.05, 0.1) is 12.9 Å². The molecule has 0 amide bonds. The zero-order chi connectivity index (χ0) is 15.4. The number of ether oxygens (including phenoxy) is 2. The summed E-state index contributed by atoms with van der Waals surface area (Å²) >= 11 is 6.12. The Balaban J connectivity index is 2.99. The van der Waals surface area contributed by atoms with E-state index in [0.29, 0.717) is 10.6 Å². The smallest absolute Gasteiger partial charge is 0.264 e. The Labute approximate surface area is 124 Å². The molecule has 1 aromatic carbocycles. The highest BCUT2D eigenvalue weighted by Gasteiger charge is 2.27. The van der Waals surface area contributed by atoms with E-state index in [4.69, 9.17) is 25.3 Å². The molecule has 0 aliphatic heterocycles. The van der Waals surface area contributed by atoms with Gasteiger partial charge < -0.3 is 9.47 Å². The van der Waals surface area contributed by atoms with Gasteiger partial charge in [-0.15, -0.1) is 0 Å². The molecule has 0 aromatic heterocycles. The fraction of sp³-hybridized carbons (Fsp3) is 0.538. The lowest BCUT2D eigenvalue weighted by molar-refractivity contribution is -0.230. The van der Waals surface area contributed by atoms with Gasteiger partial charge in [0.2, 0.25) is 0 Å². The molecular formula is C13H19ClO5S. The fourth-order valence-corrected chi connectivity index (χ4v) is 2.13. The van der Waals surface area contributed by atoms with Gasteiger partial charge in [0, 0.05) is 17.7 Å². The fourth-order valence-electron chi connectivity index (χ4n) is 1.50. The summed E-state index contributed by atoms with van der Waals surface area (Å²) in [4.78, 5) is 0. The van der Waals surface area contributed by atoms with Crippen LogP contribution in [0.15, 0.2) is 24.3 Å². The molecule has 20 heavy (non-hydrogen) atoms. The third kappa shape index (κ3) is 5.76. The van der Waals surface area contributed by atoms with Gasteiger partial charge in [0.25, 0.3) is 10.1 Å². The lowest BCUT2D eigenvalue weighted by Gasteiger charge is -2.29. The first-order valence-corrected chi connectivity index (χ1v) is 8.16. The molecule has 114 valence electrons. The summed E-state index contributed by atoms with van der Waals surface area (Å²) < 4.78 is 38.1. The predicted molar refractivity (Wildman–Crippen MR) is 77.2 cm³/mol. The van der Waals surface area contributed by atoms with E-state index in [1.807, 2.05) is 0 Å². The number of hydrogen-bond acceptors (Lipinski definition) is 5. The quantitative estimate of drug-likeness (QED) is 0.570. The summed E-state index contributed by atoms with van der Waals surface area (Å²) in [6.07, 6.45) is 0.325.